The predicted octanol–water partition coefficient (Wildman–Crippen LogP) is 5.17. The number of para-hydroxylation sites is 1. The fourth-order valence-electron chi connectivity index (χ4n) is 3.10. The Kier molecular flexibility index (Phi) is 4.67. The zero-order valence-corrected chi connectivity index (χ0v) is 15.3. The van der Waals surface area contributed by atoms with Crippen LogP contribution in [0.5, 0.6) is 0 Å². The molecule has 0 atom stereocenters. The van der Waals surface area contributed by atoms with Gasteiger partial charge >= 0.3 is 0 Å². The summed E-state index contributed by atoms with van der Waals surface area (Å²) in [6.07, 6.45) is 3.98. The van der Waals surface area contributed by atoms with Crippen molar-refractivity contribution in [2.45, 2.75) is 25.7 Å². The van der Waals surface area contributed by atoms with Crippen LogP contribution in [0.15, 0.2) is 47.5 Å². The normalized spacial score (nSPS) is 11.0. The lowest BCUT2D eigenvalue weighted by Gasteiger charge is -2.22. The van der Waals surface area contributed by atoms with Crippen molar-refractivity contribution < 1.29 is 4.79 Å². The number of fused-ring (bicyclic) bond motifs is 1. The van der Waals surface area contributed by atoms with E-state index in [1.54, 1.807) is 11.8 Å². The molecule has 24 heavy (non-hydrogen) atoms. The first-order chi connectivity index (χ1) is 11.6. The minimum atomic E-state index is 0.0514. The van der Waals surface area contributed by atoms with Crippen LogP contribution >= 0.6 is 11.8 Å². The Morgan fingerprint density at radius 3 is 2.58 bits per heavy atom. The van der Waals surface area contributed by atoms with E-state index in [0.717, 1.165) is 27.7 Å². The highest BCUT2D eigenvalue weighted by atomic mass is 32.2. The maximum atomic E-state index is 13.2. The zero-order valence-electron chi connectivity index (χ0n) is 14.5. The molecule has 0 fully saturated rings. The van der Waals surface area contributed by atoms with Crippen LogP contribution < -0.4 is 4.90 Å². The minimum absolute atomic E-state index is 0.0514. The van der Waals surface area contributed by atoms with E-state index in [0.29, 0.717) is 6.54 Å². The average Bonchev–Trinajstić information content (AvgIpc) is 3.02. The monoisotopic (exact) mass is 338 g/mol. The molecule has 1 amide bonds. The molecule has 0 bridgehead atoms. The molecule has 0 saturated heterocycles. The fourth-order valence-corrected chi connectivity index (χ4v) is 3.76. The molecular formula is C20H22N2OS. The van der Waals surface area contributed by atoms with Gasteiger partial charge in [0.25, 0.3) is 5.91 Å². The van der Waals surface area contributed by atoms with Crippen molar-refractivity contribution in [1.29, 1.82) is 0 Å². The average molecular weight is 338 g/mol. The van der Waals surface area contributed by atoms with Crippen molar-refractivity contribution in [3.8, 4) is 0 Å². The molecule has 2 aromatic carbocycles. The Bertz CT molecular complexity index is 898. The van der Waals surface area contributed by atoms with Gasteiger partial charge in [0, 0.05) is 34.1 Å². The van der Waals surface area contributed by atoms with Crippen LogP contribution in [0.25, 0.3) is 10.9 Å². The summed E-state index contributed by atoms with van der Waals surface area (Å²) in [5.41, 5.74) is 5.00. The Morgan fingerprint density at radius 1 is 1.12 bits per heavy atom. The third-order valence-electron chi connectivity index (χ3n) is 4.61. The first-order valence-electron chi connectivity index (χ1n) is 8.10. The number of benzene rings is 2. The first kappa shape index (κ1) is 16.7. The molecule has 0 aliphatic rings. The van der Waals surface area contributed by atoms with Crippen LogP contribution in [0, 0.1) is 13.8 Å². The minimum Gasteiger partial charge on any atom is -0.359 e. The van der Waals surface area contributed by atoms with Crippen LogP contribution in [0.1, 0.15) is 28.4 Å². The van der Waals surface area contributed by atoms with Crippen molar-refractivity contribution in [1.82, 2.24) is 4.98 Å². The quantitative estimate of drug-likeness (QED) is 0.666. The number of hydrogen-bond acceptors (Lipinski definition) is 2. The molecule has 0 spiro atoms. The number of thioether (sulfide) groups is 1. The summed E-state index contributed by atoms with van der Waals surface area (Å²) < 4.78 is 0. The second kappa shape index (κ2) is 6.73. The standard InChI is InChI=1S/C20H22N2OS/c1-5-22(18-12-21-17-9-7-6-8-16(17)18)20(23)15-10-11-19(24-4)14(3)13(15)2/h6-12,21H,5H2,1-4H3. The Balaban J connectivity index is 2.06. The molecule has 3 aromatic rings. The van der Waals surface area contributed by atoms with E-state index in [2.05, 4.69) is 18.2 Å². The van der Waals surface area contributed by atoms with Crippen LogP contribution in [-0.4, -0.2) is 23.7 Å². The first-order valence-corrected chi connectivity index (χ1v) is 9.33. The van der Waals surface area contributed by atoms with Gasteiger partial charge in [-0.15, -0.1) is 11.8 Å². The van der Waals surface area contributed by atoms with Crippen molar-refractivity contribution in [2.75, 3.05) is 17.7 Å². The maximum Gasteiger partial charge on any atom is 0.258 e. The molecule has 3 rings (SSSR count). The summed E-state index contributed by atoms with van der Waals surface area (Å²) in [6.45, 7) is 6.76. The van der Waals surface area contributed by atoms with E-state index in [4.69, 9.17) is 0 Å². The van der Waals surface area contributed by atoms with E-state index < -0.39 is 0 Å². The number of nitrogens with one attached hydrogen (secondary N) is 1. The van der Waals surface area contributed by atoms with E-state index in [1.165, 1.54) is 10.5 Å². The van der Waals surface area contributed by atoms with Gasteiger partial charge < -0.3 is 9.88 Å². The van der Waals surface area contributed by atoms with Crippen molar-refractivity contribution in [3.05, 3.63) is 59.3 Å². The Hall–Kier alpha value is -2.20. The van der Waals surface area contributed by atoms with Gasteiger partial charge in [-0.2, -0.15) is 0 Å². The van der Waals surface area contributed by atoms with Gasteiger partial charge in [-0.25, -0.2) is 0 Å². The molecule has 0 radical (unpaired) electrons. The van der Waals surface area contributed by atoms with Gasteiger partial charge in [0.15, 0.2) is 0 Å². The number of anilines is 1. The zero-order chi connectivity index (χ0) is 17.3. The van der Waals surface area contributed by atoms with E-state index in [1.807, 2.05) is 61.3 Å². The molecule has 124 valence electrons. The number of carbonyl (C=O) groups excluding carboxylic acids is 1. The third kappa shape index (κ3) is 2.71. The summed E-state index contributed by atoms with van der Waals surface area (Å²) in [6, 6.07) is 12.1. The highest BCUT2D eigenvalue weighted by Crippen LogP contribution is 2.30. The van der Waals surface area contributed by atoms with Gasteiger partial charge in [-0.05, 0) is 56.4 Å². The molecule has 0 aliphatic heterocycles. The van der Waals surface area contributed by atoms with Gasteiger partial charge in [-0.1, -0.05) is 18.2 Å². The number of amides is 1. The number of H-pyrrole nitrogens is 1. The summed E-state index contributed by atoms with van der Waals surface area (Å²) in [4.78, 5) is 19.5. The summed E-state index contributed by atoms with van der Waals surface area (Å²) >= 11 is 1.71. The third-order valence-corrected chi connectivity index (χ3v) is 5.49. The number of nitrogens with zero attached hydrogens (tertiary/aromatic N) is 1. The lowest BCUT2D eigenvalue weighted by molar-refractivity contribution is 0.0988. The van der Waals surface area contributed by atoms with Crippen molar-refractivity contribution in [2.24, 2.45) is 0 Å². The van der Waals surface area contributed by atoms with E-state index >= 15 is 0 Å². The number of rotatable bonds is 4. The van der Waals surface area contributed by atoms with E-state index in [9.17, 15) is 4.79 Å². The van der Waals surface area contributed by atoms with Crippen LogP contribution in [0.2, 0.25) is 0 Å². The molecule has 0 saturated carbocycles. The lowest BCUT2D eigenvalue weighted by atomic mass is 10.0. The second-order valence-corrected chi connectivity index (χ2v) is 6.68. The second-order valence-electron chi connectivity index (χ2n) is 5.83. The number of carbonyl (C=O) groups is 1. The Morgan fingerprint density at radius 2 is 1.88 bits per heavy atom. The number of aromatic nitrogens is 1. The van der Waals surface area contributed by atoms with Crippen molar-refractivity contribution in [3.63, 3.8) is 0 Å². The molecule has 1 aromatic heterocycles. The largest absolute Gasteiger partial charge is 0.359 e. The van der Waals surface area contributed by atoms with Crippen LogP contribution in [-0.2, 0) is 0 Å². The summed E-state index contributed by atoms with van der Waals surface area (Å²) in [7, 11) is 0. The van der Waals surface area contributed by atoms with E-state index in [-0.39, 0.29) is 5.91 Å². The topological polar surface area (TPSA) is 36.1 Å². The highest BCUT2D eigenvalue weighted by Gasteiger charge is 2.21. The molecule has 3 nitrogen and oxygen atoms in total. The fraction of sp³-hybridized carbons (Fsp3) is 0.250. The summed E-state index contributed by atoms with van der Waals surface area (Å²) in [5.74, 6) is 0.0514. The molecular weight excluding hydrogens is 316 g/mol. The summed E-state index contributed by atoms with van der Waals surface area (Å²) in [5, 5.41) is 1.07. The number of hydrogen-bond donors (Lipinski definition) is 1. The Labute approximate surface area is 147 Å². The van der Waals surface area contributed by atoms with Crippen LogP contribution in [0.4, 0.5) is 5.69 Å². The maximum absolute atomic E-state index is 13.2. The highest BCUT2D eigenvalue weighted by molar-refractivity contribution is 7.98. The van der Waals surface area contributed by atoms with Crippen LogP contribution in [0.3, 0.4) is 0 Å². The van der Waals surface area contributed by atoms with Gasteiger partial charge in [0.2, 0.25) is 0 Å². The molecule has 0 aliphatic carbocycles. The lowest BCUT2D eigenvalue weighted by Crippen LogP contribution is -2.31. The molecule has 1 heterocycles. The van der Waals surface area contributed by atoms with Crippen molar-refractivity contribution >= 4 is 34.3 Å². The number of aromatic amines is 1. The van der Waals surface area contributed by atoms with Gasteiger partial charge in [0.1, 0.15) is 0 Å². The predicted molar refractivity (Wildman–Crippen MR) is 103 cm³/mol. The molecule has 1 N–H and O–H groups in total. The molecule has 0 unspecified atom stereocenters. The SMILES string of the molecule is CCN(C(=O)c1ccc(SC)c(C)c1C)c1c[nH]c2ccccc12. The smallest absolute Gasteiger partial charge is 0.258 e. The van der Waals surface area contributed by atoms with Gasteiger partial charge in [-0.3, -0.25) is 4.79 Å². The molecule has 4 heteroatoms. The van der Waals surface area contributed by atoms with Gasteiger partial charge in [0.05, 0.1) is 5.69 Å².